The Morgan fingerprint density at radius 3 is 2.25 bits per heavy atom. The third kappa shape index (κ3) is 5.09. The minimum Gasteiger partial charge on any atom is -0.356 e. The molecule has 0 atom stereocenters. The van der Waals surface area contributed by atoms with Crippen LogP contribution < -0.4 is 10.6 Å². The summed E-state index contributed by atoms with van der Waals surface area (Å²) < 4.78 is 53.7. The molecule has 7 nitrogen and oxygen atoms in total. The molecule has 0 spiro atoms. The number of aromatic nitrogens is 3. The van der Waals surface area contributed by atoms with Crippen LogP contribution in [0.1, 0.15) is 16.8 Å². The fraction of sp³-hybridized carbons (Fsp3) is 0.120. The lowest BCUT2D eigenvalue weighted by Gasteiger charge is -2.11. The number of carbonyl (C=O) groups is 2. The highest BCUT2D eigenvalue weighted by molar-refractivity contribution is 5.99. The number of benzene rings is 2. The van der Waals surface area contributed by atoms with Gasteiger partial charge in [-0.2, -0.15) is 18.3 Å². The maximum absolute atomic E-state index is 13.5. The molecule has 0 saturated carbocycles. The first-order chi connectivity index (χ1) is 17.1. The van der Waals surface area contributed by atoms with E-state index in [-0.39, 0.29) is 16.9 Å². The van der Waals surface area contributed by atoms with Gasteiger partial charge < -0.3 is 10.6 Å². The Labute approximate surface area is 202 Å². The maximum atomic E-state index is 13.5. The fourth-order valence-electron chi connectivity index (χ4n) is 3.45. The van der Waals surface area contributed by atoms with Gasteiger partial charge in [0.05, 0.1) is 5.69 Å². The van der Waals surface area contributed by atoms with Crippen molar-refractivity contribution in [3.8, 4) is 11.3 Å². The van der Waals surface area contributed by atoms with E-state index in [1.165, 1.54) is 35.8 Å². The number of rotatable bonds is 5. The van der Waals surface area contributed by atoms with Gasteiger partial charge in [0.2, 0.25) is 5.91 Å². The smallest absolute Gasteiger partial charge is 0.356 e. The van der Waals surface area contributed by atoms with E-state index in [1.807, 2.05) is 19.1 Å². The van der Waals surface area contributed by atoms with Crippen LogP contribution >= 0.6 is 0 Å². The molecule has 0 saturated heterocycles. The van der Waals surface area contributed by atoms with Crippen molar-refractivity contribution in [1.29, 1.82) is 0 Å². The van der Waals surface area contributed by atoms with Crippen molar-refractivity contribution in [2.24, 2.45) is 0 Å². The van der Waals surface area contributed by atoms with Gasteiger partial charge in [0.25, 0.3) is 0 Å². The van der Waals surface area contributed by atoms with Crippen molar-refractivity contribution >= 4 is 28.9 Å². The second-order valence-electron chi connectivity index (χ2n) is 7.79. The van der Waals surface area contributed by atoms with Crippen LogP contribution in [0.3, 0.4) is 0 Å². The number of carbonyl (C=O) groups excluding carboxylic acids is 2. The molecule has 4 rings (SSSR count). The van der Waals surface area contributed by atoms with Crippen LogP contribution in [0.2, 0.25) is 0 Å². The number of alkyl halides is 3. The summed E-state index contributed by atoms with van der Waals surface area (Å²) in [5.74, 6) is -3.57. The van der Waals surface area contributed by atoms with Gasteiger partial charge >= 0.3 is 12.1 Å². The zero-order chi connectivity index (χ0) is 26.0. The number of imidazole rings is 1. The number of halogens is 4. The van der Waals surface area contributed by atoms with Crippen LogP contribution in [0.4, 0.5) is 23.4 Å². The molecule has 2 aromatic carbocycles. The summed E-state index contributed by atoms with van der Waals surface area (Å²) in [5, 5.41) is 8.82. The van der Waals surface area contributed by atoms with E-state index < -0.39 is 29.6 Å². The lowest BCUT2D eigenvalue weighted by atomic mass is 10.0. The molecule has 2 N–H and O–H groups in total. The highest BCUT2D eigenvalue weighted by atomic mass is 19.4. The third-order valence-electron chi connectivity index (χ3n) is 5.24. The van der Waals surface area contributed by atoms with Crippen molar-refractivity contribution in [2.45, 2.75) is 13.1 Å². The fourth-order valence-corrected chi connectivity index (χ4v) is 3.45. The summed E-state index contributed by atoms with van der Waals surface area (Å²) >= 11 is 0. The number of fused-ring (bicyclic) bond motifs is 1. The number of likely N-dealkylation sites (N-methyl/N-ethyl adjacent to an activating group) is 1. The second kappa shape index (κ2) is 9.61. The van der Waals surface area contributed by atoms with Crippen LogP contribution in [0.15, 0.2) is 66.7 Å². The first-order valence-corrected chi connectivity index (χ1v) is 10.6. The molecule has 0 unspecified atom stereocenters. The summed E-state index contributed by atoms with van der Waals surface area (Å²) in [7, 11) is 1.47. The lowest BCUT2D eigenvalue weighted by molar-refractivity contribution is -0.167. The molecule has 0 radical (unpaired) electrons. The molecule has 2 heterocycles. The standard InChI is InChI=1S/C25H19F4N5O2/c1-14-3-5-15(6-4-14)18(13-21(35)30-2)19-11-12-20-31-23(32-24(36)25(27,28)29)22(34(20)33-19)16-7-9-17(26)10-8-16/h3-13H,1-2H3,(H,30,35)(H,32,36)/b18-13+. The maximum Gasteiger partial charge on any atom is 0.471 e. The van der Waals surface area contributed by atoms with Crippen molar-refractivity contribution < 1.29 is 27.2 Å². The van der Waals surface area contributed by atoms with Gasteiger partial charge in [0.15, 0.2) is 11.5 Å². The molecule has 2 aromatic heterocycles. The van der Waals surface area contributed by atoms with E-state index in [0.717, 1.165) is 17.7 Å². The molecule has 36 heavy (non-hydrogen) atoms. The molecular weight excluding hydrogens is 478 g/mol. The summed E-state index contributed by atoms with van der Waals surface area (Å²) in [6.45, 7) is 1.91. The average Bonchev–Trinajstić information content (AvgIpc) is 3.20. The Morgan fingerprint density at radius 1 is 0.972 bits per heavy atom. The molecule has 0 aliphatic heterocycles. The monoisotopic (exact) mass is 497 g/mol. The Kier molecular flexibility index (Phi) is 6.56. The molecular formula is C25H19F4N5O2. The predicted molar refractivity (Wildman–Crippen MR) is 125 cm³/mol. The second-order valence-corrected chi connectivity index (χ2v) is 7.79. The Bertz CT molecular complexity index is 1470. The highest BCUT2D eigenvalue weighted by Gasteiger charge is 2.39. The minimum absolute atomic E-state index is 0.00708. The Morgan fingerprint density at radius 2 is 1.64 bits per heavy atom. The topological polar surface area (TPSA) is 88.4 Å². The minimum atomic E-state index is -5.15. The van der Waals surface area contributed by atoms with Crippen LogP contribution in [0.5, 0.6) is 0 Å². The number of nitrogens with one attached hydrogen (secondary N) is 2. The van der Waals surface area contributed by atoms with E-state index in [9.17, 15) is 27.2 Å². The SMILES string of the molecule is CNC(=O)/C=C(\c1ccc(C)cc1)c1ccc2nc(NC(=O)C(F)(F)F)c(-c3ccc(F)cc3)n2n1. The Balaban J connectivity index is 1.93. The molecule has 2 amide bonds. The van der Waals surface area contributed by atoms with Crippen molar-refractivity contribution in [3.05, 3.63) is 89.4 Å². The van der Waals surface area contributed by atoms with Crippen LogP contribution in [-0.4, -0.2) is 39.6 Å². The van der Waals surface area contributed by atoms with Gasteiger partial charge in [0, 0.05) is 24.3 Å². The van der Waals surface area contributed by atoms with E-state index in [2.05, 4.69) is 15.4 Å². The molecule has 11 heteroatoms. The number of hydrogen-bond acceptors (Lipinski definition) is 4. The van der Waals surface area contributed by atoms with Gasteiger partial charge in [-0.1, -0.05) is 29.8 Å². The number of aryl methyl sites for hydroxylation is 1. The van der Waals surface area contributed by atoms with Crippen molar-refractivity contribution in [2.75, 3.05) is 12.4 Å². The zero-order valence-electron chi connectivity index (χ0n) is 19.0. The summed E-state index contributed by atoms with van der Waals surface area (Å²) in [5.41, 5.74) is 2.81. The van der Waals surface area contributed by atoms with Crippen molar-refractivity contribution in [1.82, 2.24) is 19.9 Å². The van der Waals surface area contributed by atoms with Crippen LogP contribution in [0.25, 0.3) is 22.5 Å². The van der Waals surface area contributed by atoms with Gasteiger partial charge in [-0.3, -0.25) is 9.59 Å². The van der Waals surface area contributed by atoms with E-state index in [1.54, 1.807) is 23.5 Å². The van der Waals surface area contributed by atoms with E-state index >= 15 is 0 Å². The first kappa shape index (κ1) is 24.6. The van der Waals surface area contributed by atoms with Crippen LogP contribution in [0, 0.1) is 12.7 Å². The first-order valence-electron chi connectivity index (χ1n) is 10.6. The summed E-state index contributed by atoms with van der Waals surface area (Å²) in [4.78, 5) is 28.0. The molecule has 0 aliphatic carbocycles. The number of anilines is 1. The highest BCUT2D eigenvalue weighted by Crippen LogP contribution is 2.31. The molecule has 0 aliphatic rings. The Hall–Kier alpha value is -4.54. The molecule has 0 bridgehead atoms. The normalized spacial score (nSPS) is 12.0. The number of nitrogens with zero attached hydrogens (tertiary/aromatic N) is 3. The lowest BCUT2D eigenvalue weighted by Crippen LogP contribution is -2.30. The predicted octanol–water partition coefficient (Wildman–Crippen LogP) is 4.52. The zero-order valence-corrected chi connectivity index (χ0v) is 19.0. The van der Waals surface area contributed by atoms with Crippen LogP contribution in [-0.2, 0) is 9.59 Å². The summed E-state index contributed by atoms with van der Waals surface area (Å²) in [6, 6.07) is 15.3. The largest absolute Gasteiger partial charge is 0.471 e. The van der Waals surface area contributed by atoms with Gasteiger partial charge in [-0.05, 0) is 48.9 Å². The quantitative estimate of drug-likeness (QED) is 0.314. The van der Waals surface area contributed by atoms with Crippen molar-refractivity contribution in [3.63, 3.8) is 0 Å². The van der Waals surface area contributed by atoms with Gasteiger partial charge in [0.1, 0.15) is 11.5 Å². The summed E-state index contributed by atoms with van der Waals surface area (Å²) in [6.07, 6.45) is -3.80. The van der Waals surface area contributed by atoms with Gasteiger partial charge in [-0.15, -0.1) is 0 Å². The molecule has 4 aromatic rings. The number of hydrogen-bond donors (Lipinski definition) is 2. The van der Waals surface area contributed by atoms with E-state index in [4.69, 9.17) is 0 Å². The molecule has 184 valence electrons. The molecule has 0 fully saturated rings. The van der Waals surface area contributed by atoms with Gasteiger partial charge in [-0.25, -0.2) is 13.9 Å². The average molecular weight is 497 g/mol. The van der Waals surface area contributed by atoms with E-state index in [0.29, 0.717) is 16.8 Å². The number of amides is 2. The third-order valence-corrected chi connectivity index (χ3v) is 5.24.